The van der Waals surface area contributed by atoms with Gasteiger partial charge in [0.15, 0.2) is 0 Å². The minimum absolute atomic E-state index is 0.467. The van der Waals surface area contributed by atoms with Crippen molar-refractivity contribution in [1.82, 2.24) is 10.2 Å². The Balaban J connectivity index is 1.62. The Labute approximate surface area is 125 Å². The molecule has 2 saturated heterocycles. The van der Waals surface area contributed by atoms with Crippen LogP contribution in [0.2, 0.25) is 0 Å². The lowest BCUT2D eigenvalue weighted by Crippen LogP contribution is -2.47. The molecule has 0 aromatic heterocycles. The highest BCUT2D eigenvalue weighted by atomic mass is 16.5. The lowest BCUT2D eigenvalue weighted by atomic mass is 9.75. The summed E-state index contributed by atoms with van der Waals surface area (Å²) in [6.45, 7) is 15.2. The number of hydrogen-bond donors (Lipinski definition) is 1. The molecule has 0 amide bonds. The fourth-order valence-electron chi connectivity index (χ4n) is 3.59. The highest BCUT2D eigenvalue weighted by Gasteiger charge is 2.30. The number of nitrogens with one attached hydrogen (secondary N) is 1. The van der Waals surface area contributed by atoms with E-state index in [1.807, 2.05) is 0 Å². The van der Waals surface area contributed by atoms with Crippen molar-refractivity contribution in [2.75, 3.05) is 32.8 Å². The maximum atomic E-state index is 5.66. The molecule has 2 rings (SSSR count). The second kappa shape index (κ2) is 7.24. The monoisotopic (exact) mass is 282 g/mol. The van der Waals surface area contributed by atoms with Crippen molar-refractivity contribution >= 4 is 0 Å². The molecule has 0 aromatic carbocycles. The Morgan fingerprint density at radius 1 is 1.20 bits per heavy atom. The summed E-state index contributed by atoms with van der Waals surface area (Å²) in [5.74, 6) is 0.894. The SMILES string of the molecule is CC(CNCC1CCCO1)N1CCC(C(C)(C)C)CC1. The molecule has 2 heterocycles. The molecule has 0 aliphatic carbocycles. The molecule has 0 saturated carbocycles. The fourth-order valence-corrected chi connectivity index (χ4v) is 3.59. The van der Waals surface area contributed by atoms with E-state index in [1.54, 1.807) is 0 Å². The molecule has 0 bridgehead atoms. The number of hydrogen-bond acceptors (Lipinski definition) is 3. The molecule has 2 aliphatic heterocycles. The summed E-state index contributed by atoms with van der Waals surface area (Å²) in [5, 5.41) is 3.60. The van der Waals surface area contributed by atoms with Gasteiger partial charge in [-0.3, -0.25) is 4.90 Å². The quantitative estimate of drug-likeness (QED) is 0.839. The third-order valence-corrected chi connectivity index (χ3v) is 5.21. The summed E-state index contributed by atoms with van der Waals surface area (Å²) in [5.41, 5.74) is 0.480. The second-order valence-electron chi connectivity index (χ2n) is 7.82. The van der Waals surface area contributed by atoms with Gasteiger partial charge in [-0.05, 0) is 57.0 Å². The third-order valence-electron chi connectivity index (χ3n) is 5.21. The maximum Gasteiger partial charge on any atom is 0.0700 e. The van der Waals surface area contributed by atoms with Crippen LogP contribution in [0.5, 0.6) is 0 Å². The number of rotatable bonds is 5. The molecule has 0 spiro atoms. The van der Waals surface area contributed by atoms with E-state index in [2.05, 4.69) is 37.9 Å². The smallest absolute Gasteiger partial charge is 0.0700 e. The molecule has 2 fully saturated rings. The number of nitrogens with zero attached hydrogens (tertiary/aromatic N) is 1. The van der Waals surface area contributed by atoms with Gasteiger partial charge in [-0.2, -0.15) is 0 Å². The van der Waals surface area contributed by atoms with Gasteiger partial charge in [-0.15, -0.1) is 0 Å². The van der Waals surface area contributed by atoms with Gasteiger partial charge >= 0.3 is 0 Å². The first-order valence-corrected chi connectivity index (χ1v) is 8.53. The molecule has 1 N–H and O–H groups in total. The molecule has 2 atom stereocenters. The highest BCUT2D eigenvalue weighted by molar-refractivity contribution is 4.83. The predicted molar refractivity (Wildman–Crippen MR) is 85.1 cm³/mol. The van der Waals surface area contributed by atoms with Crippen molar-refractivity contribution < 1.29 is 4.74 Å². The maximum absolute atomic E-state index is 5.66. The van der Waals surface area contributed by atoms with Crippen LogP contribution in [0.1, 0.15) is 53.4 Å². The summed E-state index contributed by atoms with van der Waals surface area (Å²) < 4.78 is 5.66. The Kier molecular flexibility index (Phi) is 5.88. The second-order valence-corrected chi connectivity index (χ2v) is 7.82. The average Bonchev–Trinajstić information content (AvgIpc) is 2.91. The topological polar surface area (TPSA) is 24.5 Å². The van der Waals surface area contributed by atoms with E-state index in [0.717, 1.165) is 25.6 Å². The van der Waals surface area contributed by atoms with E-state index in [9.17, 15) is 0 Å². The zero-order valence-electron chi connectivity index (χ0n) is 14.0. The van der Waals surface area contributed by atoms with Crippen molar-refractivity contribution in [1.29, 1.82) is 0 Å². The fraction of sp³-hybridized carbons (Fsp3) is 1.00. The lowest BCUT2D eigenvalue weighted by molar-refractivity contribution is 0.0820. The van der Waals surface area contributed by atoms with E-state index < -0.39 is 0 Å². The molecule has 2 unspecified atom stereocenters. The Morgan fingerprint density at radius 3 is 2.45 bits per heavy atom. The van der Waals surface area contributed by atoms with Crippen LogP contribution < -0.4 is 5.32 Å². The summed E-state index contributed by atoms with van der Waals surface area (Å²) in [6, 6.07) is 0.650. The van der Waals surface area contributed by atoms with Crippen molar-refractivity contribution in [2.45, 2.75) is 65.5 Å². The van der Waals surface area contributed by atoms with Crippen LogP contribution in [0.15, 0.2) is 0 Å². The molecule has 3 heteroatoms. The molecule has 3 nitrogen and oxygen atoms in total. The van der Waals surface area contributed by atoms with Crippen LogP contribution in [0, 0.1) is 11.3 Å². The van der Waals surface area contributed by atoms with E-state index in [1.165, 1.54) is 38.8 Å². The van der Waals surface area contributed by atoms with Crippen LogP contribution in [-0.2, 0) is 4.74 Å². The molecule has 0 radical (unpaired) electrons. The van der Waals surface area contributed by atoms with Gasteiger partial charge in [-0.1, -0.05) is 20.8 Å². The number of piperidine rings is 1. The first kappa shape index (κ1) is 16.3. The zero-order valence-corrected chi connectivity index (χ0v) is 14.0. The van der Waals surface area contributed by atoms with E-state index >= 15 is 0 Å². The summed E-state index contributed by atoms with van der Waals surface area (Å²) in [6.07, 6.45) is 5.66. The van der Waals surface area contributed by atoms with Gasteiger partial charge in [0.1, 0.15) is 0 Å². The number of likely N-dealkylation sites (tertiary alicyclic amines) is 1. The Bertz CT molecular complexity index is 273. The van der Waals surface area contributed by atoms with Crippen molar-refractivity contribution in [3.8, 4) is 0 Å². The van der Waals surface area contributed by atoms with Gasteiger partial charge in [0.2, 0.25) is 0 Å². The van der Waals surface area contributed by atoms with Gasteiger partial charge in [-0.25, -0.2) is 0 Å². The minimum atomic E-state index is 0.467. The normalized spacial score (nSPS) is 27.9. The molecular formula is C17H34N2O. The largest absolute Gasteiger partial charge is 0.377 e. The predicted octanol–water partition coefficient (Wildman–Crippen LogP) is 2.90. The summed E-state index contributed by atoms with van der Waals surface area (Å²) in [4.78, 5) is 2.66. The molecule has 0 aromatic rings. The zero-order chi connectivity index (χ0) is 14.6. The van der Waals surface area contributed by atoms with Crippen LogP contribution in [0.4, 0.5) is 0 Å². The minimum Gasteiger partial charge on any atom is -0.377 e. The summed E-state index contributed by atoms with van der Waals surface area (Å²) >= 11 is 0. The third kappa shape index (κ3) is 4.71. The molecule has 2 aliphatic rings. The number of ether oxygens (including phenoxy) is 1. The van der Waals surface area contributed by atoms with Crippen LogP contribution >= 0.6 is 0 Å². The van der Waals surface area contributed by atoms with Gasteiger partial charge in [0.25, 0.3) is 0 Å². The van der Waals surface area contributed by atoms with E-state index in [0.29, 0.717) is 17.6 Å². The Morgan fingerprint density at radius 2 is 1.90 bits per heavy atom. The van der Waals surface area contributed by atoms with Crippen molar-refractivity contribution in [2.24, 2.45) is 11.3 Å². The Hall–Kier alpha value is -0.120. The standard InChI is InChI=1S/C17H34N2O/c1-14(12-18-13-16-6-5-11-20-16)19-9-7-15(8-10-19)17(2,3)4/h14-16,18H,5-13H2,1-4H3. The van der Waals surface area contributed by atoms with Crippen LogP contribution in [0.3, 0.4) is 0 Å². The molecule has 20 heavy (non-hydrogen) atoms. The first-order valence-electron chi connectivity index (χ1n) is 8.53. The van der Waals surface area contributed by atoms with Crippen molar-refractivity contribution in [3.63, 3.8) is 0 Å². The lowest BCUT2D eigenvalue weighted by Gasteiger charge is -2.41. The van der Waals surface area contributed by atoms with Gasteiger partial charge in [0.05, 0.1) is 6.10 Å². The van der Waals surface area contributed by atoms with Gasteiger partial charge < -0.3 is 10.1 Å². The van der Waals surface area contributed by atoms with Crippen molar-refractivity contribution in [3.05, 3.63) is 0 Å². The van der Waals surface area contributed by atoms with E-state index in [-0.39, 0.29) is 0 Å². The first-order chi connectivity index (χ1) is 9.47. The van der Waals surface area contributed by atoms with E-state index in [4.69, 9.17) is 4.74 Å². The molecule has 118 valence electrons. The average molecular weight is 282 g/mol. The summed E-state index contributed by atoms with van der Waals surface area (Å²) in [7, 11) is 0. The van der Waals surface area contributed by atoms with Crippen LogP contribution in [0.25, 0.3) is 0 Å². The highest BCUT2D eigenvalue weighted by Crippen LogP contribution is 2.34. The van der Waals surface area contributed by atoms with Gasteiger partial charge in [0, 0.05) is 25.7 Å². The van der Waals surface area contributed by atoms with Crippen LogP contribution in [-0.4, -0.2) is 49.8 Å². The molecular weight excluding hydrogens is 248 g/mol.